The van der Waals surface area contributed by atoms with E-state index >= 15 is 0 Å². The first kappa shape index (κ1) is 9.28. The van der Waals surface area contributed by atoms with Crippen LogP contribution < -0.4 is 5.32 Å². The molecular formula is C12H17N3. The monoisotopic (exact) mass is 203 g/mol. The van der Waals surface area contributed by atoms with Crippen LogP contribution in [0.25, 0.3) is 0 Å². The second kappa shape index (κ2) is 3.56. The summed E-state index contributed by atoms with van der Waals surface area (Å²) in [6, 6.07) is 0. The molecule has 0 amide bonds. The highest BCUT2D eigenvalue weighted by Crippen LogP contribution is 2.44. The molecule has 0 radical (unpaired) electrons. The van der Waals surface area contributed by atoms with Gasteiger partial charge in [-0.25, -0.2) is 0 Å². The van der Waals surface area contributed by atoms with Gasteiger partial charge in [-0.15, -0.1) is 0 Å². The lowest BCUT2D eigenvalue weighted by atomic mass is 9.93. The van der Waals surface area contributed by atoms with Gasteiger partial charge in [-0.05, 0) is 38.6 Å². The molecule has 80 valence electrons. The lowest BCUT2D eigenvalue weighted by molar-refractivity contribution is 0.382. The van der Waals surface area contributed by atoms with Crippen molar-refractivity contribution in [1.29, 1.82) is 0 Å². The Morgan fingerprint density at radius 3 is 3.07 bits per heavy atom. The molecular weight excluding hydrogens is 186 g/mol. The summed E-state index contributed by atoms with van der Waals surface area (Å²) in [6.07, 6.45) is 12.0. The van der Waals surface area contributed by atoms with Gasteiger partial charge in [0.1, 0.15) is 0 Å². The lowest BCUT2D eigenvalue weighted by Gasteiger charge is -2.23. The number of hydrogen-bond donors (Lipinski definition) is 1. The molecule has 2 fully saturated rings. The molecule has 3 heteroatoms. The summed E-state index contributed by atoms with van der Waals surface area (Å²) in [5.41, 5.74) is 1.63. The van der Waals surface area contributed by atoms with Gasteiger partial charge in [0.05, 0.1) is 5.69 Å². The van der Waals surface area contributed by atoms with E-state index in [0.29, 0.717) is 11.5 Å². The van der Waals surface area contributed by atoms with E-state index in [1.165, 1.54) is 44.3 Å². The van der Waals surface area contributed by atoms with Crippen LogP contribution in [-0.2, 0) is 0 Å². The quantitative estimate of drug-likeness (QED) is 0.757. The van der Waals surface area contributed by atoms with Gasteiger partial charge in [0.25, 0.3) is 0 Å². The number of aromatic nitrogens is 2. The zero-order valence-corrected chi connectivity index (χ0v) is 8.95. The van der Waals surface area contributed by atoms with E-state index in [2.05, 4.69) is 15.3 Å². The van der Waals surface area contributed by atoms with Crippen LogP contribution >= 0.6 is 0 Å². The molecule has 2 unspecified atom stereocenters. The molecule has 1 saturated carbocycles. The van der Waals surface area contributed by atoms with Gasteiger partial charge >= 0.3 is 0 Å². The Kier molecular flexibility index (Phi) is 2.20. The van der Waals surface area contributed by atoms with E-state index < -0.39 is 0 Å². The zero-order valence-electron chi connectivity index (χ0n) is 8.95. The van der Waals surface area contributed by atoms with Gasteiger partial charge in [-0.1, -0.05) is 0 Å². The van der Waals surface area contributed by atoms with E-state index in [-0.39, 0.29) is 0 Å². The third-order valence-corrected chi connectivity index (χ3v) is 3.94. The summed E-state index contributed by atoms with van der Waals surface area (Å²) in [5.74, 6) is 0.629. The minimum Gasteiger partial charge on any atom is -0.311 e. The molecule has 2 aliphatic rings. The second-order valence-corrected chi connectivity index (χ2v) is 4.88. The first-order valence-corrected chi connectivity index (χ1v) is 5.89. The topological polar surface area (TPSA) is 37.8 Å². The predicted molar refractivity (Wildman–Crippen MR) is 58.6 cm³/mol. The van der Waals surface area contributed by atoms with Gasteiger partial charge < -0.3 is 5.32 Å². The Hall–Kier alpha value is -0.960. The van der Waals surface area contributed by atoms with E-state index in [4.69, 9.17) is 0 Å². The van der Waals surface area contributed by atoms with E-state index in [9.17, 15) is 0 Å². The third kappa shape index (κ3) is 1.65. The van der Waals surface area contributed by atoms with Crippen molar-refractivity contribution in [2.45, 2.75) is 43.6 Å². The summed E-state index contributed by atoms with van der Waals surface area (Å²) in [4.78, 5) is 8.59. The molecule has 2 atom stereocenters. The van der Waals surface area contributed by atoms with Crippen molar-refractivity contribution in [1.82, 2.24) is 15.3 Å². The lowest BCUT2D eigenvalue weighted by Crippen LogP contribution is -2.36. The first-order valence-electron chi connectivity index (χ1n) is 5.89. The Morgan fingerprint density at radius 1 is 1.33 bits per heavy atom. The normalized spacial score (nSPS) is 35.1. The molecule has 1 aliphatic heterocycles. The molecule has 0 bridgehead atoms. The van der Waals surface area contributed by atoms with Crippen molar-refractivity contribution in [2.24, 2.45) is 0 Å². The number of rotatable bonds is 1. The summed E-state index contributed by atoms with van der Waals surface area (Å²) in [5, 5.41) is 3.68. The summed E-state index contributed by atoms with van der Waals surface area (Å²) in [6.45, 7) is 1.20. The van der Waals surface area contributed by atoms with E-state index in [1.807, 2.05) is 12.4 Å². The van der Waals surface area contributed by atoms with Gasteiger partial charge in [0, 0.05) is 30.0 Å². The molecule has 1 spiro atoms. The highest BCUT2D eigenvalue weighted by atomic mass is 15.0. The van der Waals surface area contributed by atoms with Crippen molar-refractivity contribution in [3.8, 4) is 0 Å². The smallest absolute Gasteiger partial charge is 0.0618 e. The molecule has 1 aliphatic carbocycles. The van der Waals surface area contributed by atoms with Crippen molar-refractivity contribution >= 4 is 0 Å². The largest absolute Gasteiger partial charge is 0.311 e. The van der Waals surface area contributed by atoms with Crippen molar-refractivity contribution in [3.63, 3.8) is 0 Å². The summed E-state index contributed by atoms with van der Waals surface area (Å²) in [7, 11) is 0. The Bertz CT molecular complexity index is 330. The average molecular weight is 203 g/mol. The third-order valence-electron chi connectivity index (χ3n) is 3.94. The Labute approximate surface area is 90.3 Å². The summed E-state index contributed by atoms with van der Waals surface area (Å²) >= 11 is 0. The number of nitrogens with zero attached hydrogens (tertiary/aromatic N) is 2. The van der Waals surface area contributed by atoms with Gasteiger partial charge in [-0.3, -0.25) is 9.97 Å². The fraction of sp³-hybridized carbons (Fsp3) is 0.667. The average Bonchev–Trinajstić information content (AvgIpc) is 2.91. The van der Waals surface area contributed by atoms with Crippen LogP contribution in [0.2, 0.25) is 0 Å². The van der Waals surface area contributed by atoms with E-state index in [1.54, 1.807) is 6.20 Å². The summed E-state index contributed by atoms with van der Waals surface area (Å²) < 4.78 is 0. The van der Waals surface area contributed by atoms with Crippen molar-refractivity contribution in [3.05, 3.63) is 24.3 Å². The zero-order chi connectivity index (χ0) is 10.1. The fourth-order valence-corrected chi connectivity index (χ4v) is 3.16. The predicted octanol–water partition coefficient (Wildman–Crippen LogP) is 1.87. The molecule has 15 heavy (non-hydrogen) atoms. The van der Waals surface area contributed by atoms with Crippen LogP contribution in [0.3, 0.4) is 0 Å². The Morgan fingerprint density at radius 2 is 2.33 bits per heavy atom. The SMILES string of the molecule is c1cnc(C2CCC3(CCCN3)C2)cn1. The second-order valence-electron chi connectivity index (χ2n) is 4.88. The molecule has 0 aromatic carbocycles. The van der Waals surface area contributed by atoms with Crippen LogP contribution in [0.4, 0.5) is 0 Å². The van der Waals surface area contributed by atoms with Crippen LogP contribution in [0, 0.1) is 0 Å². The molecule has 1 N–H and O–H groups in total. The van der Waals surface area contributed by atoms with Crippen LogP contribution in [0.15, 0.2) is 18.6 Å². The molecule has 1 aromatic rings. The van der Waals surface area contributed by atoms with Crippen molar-refractivity contribution < 1.29 is 0 Å². The minimum atomic E-state index is 0.447. The number of hydrogen-bond acceptors (Lipinski definition) is 3. The molecule has 1 saturated heterocycles. The fourth-order valence-electron chi connectivity index (χ4n) is 3.16. The van der Waals surface area contributed by atoms with Gasteiger partial charge in [-0.2, -0.15) is 0 Å². The highest BCUT2D eigenvalue weighted by Gasteiger charge is 2.41. The molecule has 2 heterocycles. The Balaban J connectivity index is 1.76. The molecule has 1 aromatic heterocycles. The first-order chi connectivity index (χ1) is 7.38. The van der Waals surface area contributed by atoms with Crippen molar-refractivity contribution in [2.75, 3.05) is 6.54 Å². The van der Waals surface area contributed by atoms with Crippen LogP contribution in [0.1, 0.15) is 43.7 Å². The number of nitrogens with one attached hydrogen (secondary N) is 1. The van der Waals surface area contributed by atoms with Gasteiger partial charge in [0.2, 0.25) is 0 Å². The van der Waals surface area contributed by atoms with Gasteiger partial charge in [0.15, 0.2) is 0 Å². The molecule has 3 rings (SSSR count). The highest BCUT2D eigenvalue weighted by molar-refractivity contribution is 5.12. The van der Waals surface area contributed by atoms with E-state index in [0.717, 1.165) is 0 Å². The maximum Gasteiger partial charge on any atom is 0.0618 e. The molecule has 3 nitrogen and oxygen atoms in total. The van der Waals surface area contributed by atoms with Crippen LogP contribution in [0.5, 0.6) is 0 Å². The maximum absolute atomic E-state index is 4.43. The van der Waals surface area contributed by atoms with Crippen LogP contribution in [-0.4, -0.2) is 22.1 Å². The minimum absolute atomic E-state index is 0.447. The standard InChI is InChI=1S/C12H17N3/c1-3-12(15-5-1)4-2-10(8-12)11-9-13-6-7-14-11/h6-7,9-10,15H,1-5,8H2. The maximum atomic E-state index is 4.43.